The molecule has 0 fully saturated rings. The van der Waals surface area contributed by atoms with E-state index in [2.05, 4.69) is 118 Å². The molecule has 0 aromatic carbocycles. The Kier molecular flexibility index (Phi) is 62.0. The van der Waals surface area contributed by atoms with Gasteiger partial charge in [0.15, 0.2) is 6.10 Å². The van der Waals surface area contributed by atoms with Crippen LogP contribution in [0.3, 0.4) is 0 Å². The summed E-state index contributed by atoms with van der Waals surface area (Å²) >= 11 is 0. The Morgan fingerprint density at radius 3 is 0.989 bits per heavy atom. The first-order chi connectivity index (χ1) is 43.2. The predicted octanol–water partition coefficient (Wildman–Crippen LogP) is 19.1. The second-order valence-corrected chi connectivity index (χ2v) is 25.8. The fourth-order valence-corrected chi connectivity index (χ4v) is 10.5. The number of aliphatic hydroxyl groups excluding tert-OH is 2. The van der Waals surface area contributed by atoms with E-state index in [9.17, 15) is 43.5 Å². The molecule has 0 aromatic rings. The second-order valence-electron chi connectivity index (χ2n) is 22.9. The first-order valence-electron chi connectivity index (χ1n) is 34.5. The van der Waals surface area contributed by atoms with Gasteiger partial charge >= 0.3 is 33.6 Å². The minimum atomic E-state index is -4.92. The van der Waals surface area contributed by atoms with Crippen LogP contribution >= 0.6 is 15.6 Å². The highest BCUT2D eigenvalue weighted by Crippen LogP contribution is 2.45. The van der Waals surface area contributed by atoms with Crippen LogP contribution < -0.4 is 0 Å². The smallest absolute Gasteiger partial charge is 0.463 e. The zero-order chi connectivity index (χ0) is 65.3. The van der Waals surface area contributed by atoms with E-state index in [-0.39, 0.29) is 19.3 Å². The molecular formula is C71H124O16P2. The maximum atomic E-state index is 12.8. The fourth-order valence-electron chi connectivity index (χ4n) is 8.96. The quantitative estimate of drug-likeness (QED) is 0.0146. The van der Waals surface area contributed by atoms with Crippen LogP contribution in [0.5, 0.6) is 0 Å². The molecule has 0 radical (unpaired) electrons. The summed E-state index contributed by atoms with van der Waals surface area (Å²) in [6.45, 7) is 2.45. The van der Waals surface area contributed by atoms with E-state index in [4.69, 9.17) is 32.3 Å². The number of carbonyl (C=O) groups excluding carboxylic acids is 3. The number of hydrogen-bond donors (Lipinski definition) is 4. The molecule has 0 aromatic heterocycles. The van der Waals surface area contributed by atoms with Crippen molar-refractivity contribution in [3.8, 4) is 0 Å². The first kappa shape index (κ1) is 85.5. The van der Waals surface area contributed by atoms with Gasteiger partial charge in [0.2, 0.25) is 0 Å². The molecule has 0 bridgehead atoms. The summed E-state index contributed by atoms with van der Waals surface area (Å²) in [5.41, 5.74) is 0. The van der Waals surface area contributed by atoms with E-state index >= 15 is 0 Å². The van der Waals surface area contributed by atoms with Crippen molar-refractivity contribution in [1.29, 1.82) is 0 Å². The van der Waals surface area contributed by atoms with Crippen molar-refractivity contribution in [3.63, 3.8) is 0 Å². The fraction of sp³-hybridized carbons (Fsp3) is 0.732. The second kappa shape index (κ2) is 64.6. The minimum Gasteiger partial charge on any atom is -0.463 e. The molecule has 0 aliphatic carbocycles. The highest BCUT2D eigenvalue weighted by Gasteiger charge is 2.29. The van der Waals surface area contributed by atoms with Gasteiger partial charge in [0, 0.05) is 19.3 Å². The molecule has 0 saturated carbocycles. The van der Waals surface area contributed by atoms with E-state index in [1.165, 1.54) is 83.5 Å². The van der Waals surface area contributed by atoms with Crippen LogP contribution in [0.4, 0.5) is 0 Å². The van der Waals surface area contributed by atoms with Crippen molar-refractivity contribution in [2.24, 2.45) is 0 Å². The van der Waals surface area contributed by atoms with Gasteiger partial charge in [-0.05, 0) is 116 Å². The third-order valence-corrected chi connectivity index (χ3v) is 16.2. The van der Waals surface area contributed by atoms with Gasteiger partial charge in [0.25, 0.3) is 0 Å². The van der Waals surface area contributed by atoms with Crippen molar-refractivity contribution in [2.45, 2.75) is 296 Å². The lowest BCUT2D eigenvalue weighted by atomic mass is 10.0. The molecule has 0 heterocycles. The van der Waals surface area contributed by atoms with Crippen molar-refractivity contribution < 1.29 is 75.8 Å². The highest BCUT2D eigenvalue weighted by atomic mass is 31.2. The van der Waals surface area contributed by atoms with Gasteiger partial charge in [0.05, 0.1) is 26.4 Å². The Labute approximate surface area is 539 Å². The van der Waals surface area contributed by atoms with Crippen molar-refractivity contribution in [1.82, 2.24) is 0 Å². The summed E-state index contributed by atoms with van der Waals surface area (Å²) in [5.74, 6) is -1.61. The Morgan fingerprint density at radius 1 is 0.326 bits per heavy atom. The van der Waals surface area contributed by atoms with Crippen LogP contribution in [0.15, 0.2) is 97.2 Å². The Hall–Kier alpha value is -3.53. The number of rotatable bonds is 65. The van der Waals surface area contributed by atoms with E-state index in [1.807, 2.05) is 0 Å². The summed E-state index contributed by atoms with van der Waals surface area (Å²) in [5, 5.41) is 20.5. The molecule has 514 valence electrons. The van der Waals surface area contributed by atoms with Gasteiger partial charge in [0.1, 0.15) is 25.4 Å². The standard InChI is InChI=1S/C71H124O16P2/c1-4-7-10-13-16-19-22-24-26-27-28-29-30-31-32-33-34-35-36-37-39-41-43-45-48-51-54-57-69(74)81-60-66(72)61-83-88(77,78)84-62-67(73)63-85-89(79,80)86-65-68(87-71(76)59-56-53-50-47-42-21-18-15-12-9-6-3)64-82-70(75)58-55-52-49-46-44-40-38-25-23-20-17-14-11-8-5-2/h8,11,15-20,24-26,28-29,31-32,38,66-68,72-73H,4-7,9-10,12-14,21-23,27,30,33-37,39-65H2,1-3H3,(H,77,78)(H,79,80)/b11-8-,18-15-,19-16-,20-17-,26-24-,29-28-,32-31-,38-25-. The molecule has 0 aliphatic rings. The van der Waals surface area contributed by atoms with E-state index in [0.29, 0.717) is 19.3 Å². The third-order valence-electron chi connectivity index (χ3n) is 14.3. The molecule has 0 spiro atoms. The molecule has 18 heteroatoms. The monoisotopic (exact) mass is 1290 g/mol. The number of allylic oxidation sites excluding steroid dienone is 16. The topological polar surface area (TPSA) is 231 Å². The van der Waals surface area contributed by atoms with Gasteiger partial charge in [-0.25, -0.2) is 9.13 Å². The Morgan fingerprint density at radius 2 is 0.607 bits per heavy atom. The zero-order valence-corrected chi connectivity index (χ0v) is 57.4. The van der Waals surface area contributed by atoms with Crippen LogP contribution in [-0.2, 0) is 55.8 Å². The SMILES string of the molecule is CC/C=C\C/C=C\C/C=C\CCCCCCCC(=O)OCC(COP(=O)(O)OCC(O)COP(=O)(O)OCC(O)COC(=O)CCCCCCCCCCCCC/C=C\C/C=C\C/C=C\C/C=C\CCCCC)OC(=O)CCCCCCC/C=C\CCCC. The molecule has 0 saturated heterocycles. The van der Waals surface area contributed by atoms with Crippen LogP contribution in [-0.4, -0.2) is 95.9 Å². The molecule has 16 nitrogen and oxygen atoms in total. The predicted molar refractivity (Wildman–Crippen MR) is 362 cm³/mol. The number of ether oxygens (including phenoxy) is 3. The summed E-state index contributed by atoms with van der Waals surface area (Å²) in [6.07, 6.45) is 70.5. The summed E-state index contributed by atoms with van der Waals surface area (Å²) in [7, 11) is -9.77. The lowest BCUT2D eigenvalue weighted by molar-refractivity contribution is -0.161. The molecular weight excluding hydrogens is 1170 g/mol. The average molecular weight is 1300 g/mol. The summed E-state index contributed by atoms with van der Waals surface area (Å²) < 4.78 is 60.8. The number of esters is 3. The van der Waals surface area contributed by atoms with E-state index in [0.717, 1.165) is 135 Å². The van der Waals surface area contributed by atoms with Gasteiger partial charge in [-0.15, -0.1) is 0 Å². The molecule has 89 heavy (non-hydrogen) atoms. The molecule has 0 aliphatic heterocycles. The van der Waals surface area contributed by atoms with Crippen LogP contribution in [0.1, 0.15) is 278 Å². The third kappa shape index (κ3) is 65.8. The maximum absolute atomic E-state index is 12.8. The lowest BCUT2D eigenvalue weighted by Gasteiger charge is -2.21. The normalized spacial score (nSPS) is 14.8. The number of phosphoric acid groups is 2. The van der Waals surface area contributed by atoms with Gasteiger partial charge in [-0.1, -0.05) is 240 Å². The molecule has 0 rings (SSSR count). The van der Waals surface area contributed by atoms with Crippen LogP contribution in [0.2, 0.25) is 0 Å². The number of unbranched alkanes of at least 4 members (excludes halogenated alkanes) is 26. The molecule has 5 atom stereocenters. The minimum absolute atomic E-state index is 0.0897. The van der Waals surface area contributed by atoms with Crippen LogP contribution in [0, 0.1) is 0 Å². The number of carbonyl (C=O) groups is 3. The maximum Gasteiger partial charge on any atom is 0.472 e. The molecule has 4 N–H and O–H groups in total. The zero-order valence-electron chi connectivity index (χ0n) is 55.6. The van der Waals surface area contributed by atoms with Crippen molar-refractivity contribution >= 4 is 33.6 Å². The summed E-state index contributed by atoms with van der Waals surface area (Å²) in [6, 6.07) is 0. The van der Waals surface area contributed by atoms with E-state index < -0.39 is 91.5 Å². The first-order valence-corrected chi connectivity index (χ1v) is 37.5. The molecule has 0 amide bonds. The van der Waals surface area contributed by atoms with Crippen molar-refractivity contribution in [2.75, 3.05) is 39.6 Å². The van der Waals surface area contributed by atoms with Gasteiger partial charge in [-0.2, -0.15) is 0 Å². The Balaban J connectivity index is 4.46. The van der Waals surface area contributed by atoms with Crippen LogP contribution in [0.25, 0.3) is 0 Å². The number of hydrogen-bond acceptors (Lipinski definition) is 14. The number of phosphoric ester groups is 2. The molecule has 5 unspecified atom stereocenters. The Bertz CT molecular complexity index is 2010. The highest BCUT2D eigenvalue weighted by molar-refractivity contribution is 7.47. The average Bonchev–Trinajstić information content (AvgIpc) is 3.72. The van der Waals surface area contributed by atoms with Gasteiger partial charge in [-0.3, -0.25) is 32.5 Å². The van der Waals surface area contributed by atoms with Crippen molar-refractivity contribution in [3.05, 3.63) is 97.2 Å². The summed E-state index contributed by atoms with van der Waals surface area (Å²) in [4.78, 5) is 58.2. The van der Waals surface area contributed by atoms with E-state index in [1.54, 1.807) is 0 Å². The largest absolute Gasteiger partial charge is 0.472 e. The van der Waals surface area contributed by atoms with Gasteiger partial charge < -0.3 is 34.2 Å². The number of aliphatic hydroxyl groups is 2. The lowest BCUT2D eigenvalue weighted by Crippen LogP contribution is -2.30.